The van der Waals surface area contributed by atoms with Crippen molar-refractivity contribution in [1.82, 2.24) is 4.90 Å². The number of hydrogen-bond acceptors (Lipinski definition) is 5. The van der Waals surface area contributed by atoms with Gasteiger partial charge in [0.2, 0.25) is 0 Å². The molecule has 0 saturated carbocycles. The van der Waals surface area contributed by atoms with Crippen molar-refractivity contribution in [2.75, 3.05) is 7.11 Å². The number of carbonyl (C=O) groups is 2. The summed E-state index contributed by atoms with van der Waals surface area (Å²) in [6, 6.07) is 5.10. The van der Waals surface area contributed by atoms with Crippen molar-refractivity contribution >= 4 is 24.5 Å². The van der Waals surface area contributed by atoms with Gasteiger partial charge in [-0.1, -0.05) is 19.1 Å². The van der Waals surface area contributed by atoms with Gasteiger partial charge in [-0.05, 0) is 51.2 Å². The molecule has 1 aromatic rings. The van der Waals surface area contributed by atoms with Gasteiger partial charge in [0, 0.05) is 12.1 Å². The highest BCUT2D eigenvalue weighted by atomic mass is 16.7. The molecule has 26 heavy (non-hydrogen) atoms. The van der Waals surface area contributed by atoms with Crippen LogP contribution in [0, 0.1) is 0 Å². The molecule has 2 aliphatic rings. The summed E-state index contributed by atoms with van der Waals surface area (Å²) in [5.41, 5.74) is 1.43. The summed E-state index contributed by atoms with van der Waals surface area (Å²) in [7, 11) is 0.824. The Balaban J connectivity index is 1.86. The monoisotopic (exact) mass is 359 g/mol. The number of methoxy groups -OCH3 is 1. The Bertz CT molecular complexity index is 729. The van der Waals surface area contributed by atoms with E-state index >= 15 is 0 Å². The SMILES string of the molecule is CC[C@@H](C(=O)OC)N1Cc2ccc(B3OC(C)(C)C(C)(C)O3)cc2C1=O. The Morgan fingerprint density at radius 1 is 1.27 bits per heavy atom. The molecule has 1 fully saturated rings. The molecule has 2 aliphatic heterocycles. The van der Waals surface area contributed by atoms with E-state index in [4.69, 9.17) is 14.0 Å². The maximum Gasteiger partial charge on any atom is 0.494 e. The first-order valence-electron chi connectivity index (χ1n) is 8.98. The minimum Gasteiger partial charge on any atom is -0.467 e. The second-order valence-electron chi connectivity index (χ2n) is 7.89. The van der Waals surface area contributed by atoms with Crippen molar-refractivity contribution in [3.8, 4) is 0 Å². The Hall–Kier alpha value is -1.86. The Kier molecular flexibility index (Phi) is 4.65. The molecule has 1 aromatic carbocycles. The first-order valence-corrected chi connectivity index (χ1v) is 8.98. The van der Waals surface area contributed by atoms with Crippen molar-refractivity contribution in [2.24, 2.45) is 0 Å². The van der Waals surface area contributed by atoms with Crippen LogP contribution in [-0.2, 0) is 25.4 Å². The van der Waals surface area contributed by atoms with Gasteiger partial charge in [-0.15, -0.1) is 0 Å². The Morgan fingerprint density at radius 2 is 1.88 bits per heavy atom. The van der Waals surface area contributed by atoms with Crippen LogP contribution >= 0.6 is 0 Å². The van der Waals surface area contributed by atoms with Gasteiger partial charge in [0.1, 0.15) is 6.04 Å². The van der Waals surface area contributed by atoms with E-state index in [0.29, 0.717) is 18.5 Å². The van der Waals surface area contributed by atoms with Gasteiger partial charge in [0.15, 0.2) is 0 Å². The lowest BCUT2D eigenvalue weighted by molar-refractivity contribution is -0.146. The molecule has 1 atom stereocenters. The molecule has 0 unspecified atom stereocenters. The molecule has 7 heteroatoms. The number of carbonyl (C=O) groups excluding carboxylic acids is 2. The van der Waals surface area contributed by atoms with Gasteiger partial charge in [-0.25, -0.2) is 4.79 Å². The lowest BCUT2D eigenvalue weighted by Gasteiger charge is -2.32. The van der Waals surface area contributed by atoms with Crippen LogP contribution in [0.5, 0.6) is 0 Å². The highest BCUT2D eigenvalue weighted by Crippen LogP contribution is 2.37. The van der Waals surface area contributed by atoms with Gasteiger partial charge >= 0.3 is 13.1 Å². The molecule has 0 aliphatic carbocycles. The van der Waals surface area contributed by atoms with Crippen LogP contribution in [0.4, 0.5) is 0 Å². The van der Waals surface area contributed by atoms with E-state index < -0.39 is 24.4 Å². The van der Waals surface area contributed by atoms with E-state index in [1.165, 1.54) is 7.11 Å². The fourth-order valence-corrected chi connectivity index (χ4v) is 3.37. The molecular formula is C19H26BNO5. The molecular weight excluding hydrogens is 333 g/mol. The first kappa shape index (κ1) is 18.9. The van der Waals surface area contributed by atoms with Gasteiger partial charge in [-0.2, -0.15) is 0 Å². The average Bonchev–Trinajstić information content (AvgIpc) is 3.01. The van der Waals surface area contributed by atoms with Crippen LogP contribution in [0.2, 0.25) is 0 Å². The molecule has 1 saturated heterocycles. The smallest absolute Gasteiger partial charge is 0.467 e. The molecule has 0 radical (unpaired) electrons. The molecule has 6 nitrogen and oxygen atoms in total. The van der Waals surface area contributed by atoms with Crippen molar-refractivity contribution < 1.29 is 23.6 Å². The summed E-state index contributed by atoms with van der Waals surface area (Å²) in [5.74, 6) is -0.546. The fourth-order valence-electron chi connectivity index (χ4n) is 3.37. The zero-order valence-corrected chi connectivity index (χ0v) is 16.3. The summed E-state index contributed by atoms with van der Waals surface area (Å²) >= 11 is 0. The minimum absolute atomic E-state index is 0.157. The van der Waals surface area contributed by atoms with Crippen molar-refractivity contribution in [3.05, 3.63) is 29.3 Å². The van der Waals surface area contributed by atoms with Crippen LogP contribution in [-0.4, -0.2) is 48.2 Å². The van der Waals surface area contributed by atoms with E-state index in [9.17, 15) is 9.59 Å². The maximum atomic E-state index is 12.9. The topological polar surface area (TPSA) is 65.1 Å². The molecule has 3 rings (SSSR count). The first-order chi connectivity index (χ1) is 12.1. The van der Waals surface area contributed by atoms with Crippen molar-refractivity contribution in [2.45, 2.75) is 64.8 Å². The zero-order valence-electron chi connectivity index (χ0n) is 16.3. The summed E-state index contributed by atoms with van der Waals surface area (Å²) in [6.45, 7) is 10.3. The molecule has 0 bridgehead atoms. The lowest BCUT2D eigenvalue weighted by Crippen LogP contribution is -2.41. The van der Waals surface area contributed by atoms with Gasteiger partial charge in [0.05, 0.1) is 18.3 Å². The highest BCUT2D eigenvalue weighted by Gasteiger charge is 2.52. The molecule has 0 spiro atoms. The Morgan fingerprint density at radius 3 is 2.42 bits per heavy atom. The number of benzene rings is 1. The van der Waals surface area contributed by atoms with Crippen LogP contribution in [0.25, 0.3) is 0 Å². The van der Waals surface area contributed by atoms with Crippen molar-refractivity contribution in [3.63, 3.8) is 0 Å². The van der Waals surface area contributed by atoms with Gasteiger partial charge in [-0.3, -0.25) is 4.79 Å². The molecule has 1 amide bonds. The number of hydrogen-bond donors (Lipinski definition) is 0. The predicted molar refractivity (Wildman–Crippen MR) is 98.1 cm³/mol. The Labute approximate surface area is 154 Å². The normalized spacial score (nSPS) is 21.7. The third kappa shape index (κ3) is 2.93. The quantitative estimate of drug-likeness (QED) is 0.607. The van der Waals surface area contributed by atoms with E-state index in [-0.39, 0.29) is 11.9 Å². The lowest BCUT2D eigenvalue weighted by atomic mass is 9.78. The predicted octanol–water partition coefficient (Wildman–Crippen LogP) is 1.89. The maximum absolute atomic E-state index is 12.9. The second kappa shape index (κ2) is 6.39. The summed E-state index contributed by atoms with van der Waals surface area (Å²) < 4.78 is 17.0. The van der Waals surface area contributed by atoms with Crippen LogP contribution in [0.1, 0.15) is 57.0 Å². The van der Waals surface area contributed by atoms with E-state index in [0.717, 1.165) is 11.0 Å². The van der Waals surface area contributed by atoms with Gasteiger partial charge < -0.3 is 18.9 Å². The van der Waals surface area contributed by atoms with E-state index in [1.807, 2.05) is 52.8 Å². The number of fused-ring (bicyclic) bond motifs is 1. The van der Waals surface area contributed by atoms with Crippen LogP contribution in [0.15, 0.2) is 18.2 Å². The molecule has 140 valence electrons. The number of amides is 1. The average molecular weight is 359 g/mol. The number of nitrogens with zero attached hydrogens (tertiary/aromatic N) is 1. The standard InChI is InChI=1S/C19H26BNO5/c1-7-15(17(23)24-6)21-11-12-8-9-13(10-14(12)16(21)22)20-25-18(2,3)19(4,5)26-20/h8-10,15H,7,11H2,1-6H3/t15-/m0/s1. The largest absolute Gasteiger partial charge is 0.494 e. The van der Waals surface area contributed by atoms with Crippen LogP contribution in [0.3, 0.4) is 0 Å². The van der Waals surface area contributed by atoms with E-state index in [1.54, 1.807) is 4.90 Å². The third-order valence-electron chi connectivity index (χ3n) is 5.73. The summed E-state index contributed by atoms with van der Waals surface area (Å²) in [4.78, 5) is 26.4. The van der Waals surface area contributed by atoms with Crippen molar-refractivity contribution in [1.29, 1.82) is 0 Å². The summed E-state index contributed by atoms with van der Waals surface area (Å²) in [6.07, 6.45) is 0.510. The third-order valence-corrected chi connectivity index (χ3v) is 5.73. The number of ether oxygens (including phenoxy) is 1. The van der Waals surface area contributed by atoms with Gasteiger partial charge in [0.25, 0.3) is 5.91 Å². The minimum atomic E-state index is -0.569. The van der Waals surface area contributed by atoms with E-state index in [2.05, 4.69) is 0 Å². The second-order valence-corrected chi connectivity index (χ2v) is 7.89. The molecule has 2 heterocycles. The number of esters is 1. The zero-order chi connectivity index (χ0) is 19.3. The number of rotatable bonds is 4. The van der Waals surface area contributed by atoms with Crippen LogP contribution < -0.4 is 5.46 Å². The molecule has 0 N–H and O–H groups in total. The summed E-state index contributed by atoms with van der Waals surface area (Å²) in [5, 5.41) is 0. The molecule has 0 aromatic heterocycles. The fraction of sp³-hybridized carbons (Fsp3) is 0.579. The highest BCUT2D eigenvalue weighted by molar-refractivity contribution is 6.62.